The van der Waals surface area contributed by atoms with Gasteiger partial charge in [-0.25, -0.2) is 0 Å². The maximum absolute atomic E-state index is 11.4. The van der Waals surface area contributed by atoms with Gasteiger partial charge in [-0.1, -0.05) is 13.8 Å². The van der Waals surface area contributed by atoms with Crippen molar-refractivity contribution in [2.75, 3.05) is 5.75 Å². The van der Waals surface area contributed by atoms with Crippen LogP contribution in [0.5, 0.6) is 0 Å². The summed E-state index contributed by atoms with van der Waals surface area (Å²) in [5.41, 5.74) is 0. The molecule has 1 N–H and O–H groups in total. The minimum absolute atomic E-state index is 0.320. The second-order valence-electron chi connectivity index (χ2n) is 3.47. The summed E-state index contributed by atoms with van der Waals surface area (Å²) < 4.78 is 14.4. The lowest BCUT2D eigenvalue weighted by Crippen LogP contribution is -2.34. The first-order valence-electron chi connectivity index (χ1n) is 4.74. The van der Waals surface area contributed by atoms with Gasteiger partial charge in [-0.15, -0.1) is 4.72 Å². The van der Waals surface area contributed by atoms with Gasteiger partial charge in [0.15, 0.2) is 0 Å². The molecule has 0 bridgehead atoms. The minimum atomic E-state index is -0.830. The molecule has 3 heteroatoms. The van der Waals surface area contributed by atoms with E-state index in [4.69, 9.17) is 0 Å². The molecule has 12 heavy (non-hydrogen) atoms. The van der Waals surface area contributed by atoms with Gasteiger partial charge in [0, 0.05) is 23.3 Å². The maximum atomic E-state index is 11.4. The lowest BCUT2D eigenvalue weighted by atomic mass is 10.1. The van der Waals surface area contributed by atoms with E-state index in [1.54, 1.807) is 0 Å². The van der Waals surface area contributed by atoms with Crippen molar-refractivity contribution in [3.8, 4) is 0 Å². The normalized spacial score (nSPS) is 14.2. The summed E-state index contributed by atoms with van der Waals surface area (Å²) in [4.78, 5) is 0. The summed E-state index contributed by atoms with van der Waals surface area (Å²) in [6, 6.07) is 0.320. The van der Waals surface area contributed by atoms with Crippen LogP contribution in [-0.2, 0) is 11.4 Å². The third kappa shape index (κ3) is 5.86. The molecule has 0 heterocycles. The van der Waals surface area contributed by atoms with Crippen LogP contribution in [0.1, 0.15) is 40.5 Å². The molecule has 2 nitrogen and oxygen atoms in total. The van der Waals surface area contributed by atoms with E-state index < -0.39 is 11.4 Å². The first-order chi connectivity index (χ1) is 5.60. The summed E-state index contributed by atoms with van der Waals surface area (Å²) in [5.74, 6) is 1.41. The zero-order valence-corrected chi connectivity index (χ0v) is 9.41. The monoisotopic (exact) mass is 191 g/mol. The van der Waals surface area contributed by atoms with Crippen LogP contribution >= 0.6 is 0 Å². The Hall–Kier alpha value is 0.270. The van der Waals surface area contributed by atoms with Crippen molar-refractivity contribution in [3.63, 3.8) is 0 Å². The van der Waals surface area contributed by atoms with Gasteiger partial charge >= 0.3 is 0 Å². The second-order valence-corrected chi connectivity index (χ2v) is 4.73. The molecule has 0 aliphatic carbocycles. The van der Waals surface area contributed by atoms with E-state index >= 15 is 0 Å². The van der Waals surface area contributed by atoms with Crippen LogP contribution in [0.15, 0.2) is 0 Å². The van der Waals surface area contributed by atoms with E-state index in [-0.39, 0.29) is 0 Å². The van der Waals surface area contributed by atoms with Crippen LogP contribution in [0.4, 0.5) is 0 Å². The van der Waals surface area contributed by atoms with Gasteiger partial charge < -0.3 is 4.55 Å². The summed E-state index contributed by atoms with van der Waals surface area (Å²) in [6.45, 7) is 8.34. The molecular weight excluding hydrogens is 170 g/mol. The predicted molar refractivity (Wildman–Crippen MR) is 55.4 cm³/mol. The van der Waals surface area contributed by atoms with Crippen molar-refractivity contribution < 1.29 is 4.55 Å². The molecule has 0 aliphatic rings. The molecule has 0 aliphatic heterocycles. The largest absolute Gasteiger partial charge is 0.598 e. The van der Waals surface area contributed by atoms with Gasteiger partial charge in [-0.05, 0) is 26.7 Å². The van der Waals surface area contributed by atoms with E-state index in [0.29, 0.717) is 12.0 Å². The fourth-order valence-corrected chi connectivity index (χ4v) is 2.57. The zero-order chi connectivity index (χ0) is 9.56. The minimum Gasteiger partial charge on any atom is -0.598 e. The Labute approximate surface area is 79.4 Å². The fraction of sp³-hybridized carbons (Fsp3) is 1.00. The third-order valence-electron chi connectivity index (χ3n) is 1.91. The van der Waals surface area contributed by atoms with Gasteiger partial charge in [0.1, 0.15) is 5.75 Å². The molecule has 0 radical (unpaired) electrons. The molecule has 0 rings (SSSR count). The lowest BCUT2D eigenvalue weighted by molar-refractivity contribution is 0.512. The van der Waals surface area contributed by atoms with E-state index in [2.05, 4.69) is 18.6 Å². The predicted octanol–water partition coefficient (Wildman–Crippen LogP) is 2.08. The number of rotatable bonds is 6. The Kier molecular flexibility index (Phi) is 6.90. The highest BCUT2D eigenvalue weighted by Crippen LogP contribution is 2.10. The zero-order valence-electron chi connectivity index (χ0n) is 8.59. The maximum Gasteiger partial charge on any atom is 0.128 e. The van der Waals surface area contributed by atoms with Crippen molar-refractivity contribution in [1.82, 2.24) is 4.72 Å². The van der Waals surface area contributed by atoms with Crippen molar-refractivity contribution in [2.24, 2.45) is 5.92 Å². The quantitative estimate of drug-likeness (QED) is 0.652. The van der Waals surface area contributed by atoms with Gasteiger partial charge in [-0.3, -0.25) is 0 Å². The molecule has 0 saturated heterocycles. The highest BCUT2D eigenvalue weighted by atomic mass is 32.2. The average molecular weight is 191 g/mol. The molecular formula is C9H21NOS. The van der Waals surface area contributed by atoms with Gasteiger partial charge in [0.25, 0.3) is 0 Å². The summed E-state index contributed by atoms with van der Waals surface area (Å²) in [6.07, 6.45) is 2.25. The fourth-order valence-electron chi connectivity index (χ4n) is 1.05. The van der Waals surface area contributed by atoms with E-state index in [1.165, 1.54) is 0 Å². The van der Waals surface area contributed by atoms with Gasteiger partial charge in [0.2, 0.25) is 0 Å². The van der Waals surface area contributed by atoms with Gasteiger partial charge in [0.05, 0.1) is 0 Å². The lowest BCUT2D eigenvalue weighted by Gasteiger charge is -2.17. The van der Waals surface area contributed by atoms with Crippen LogP contribution in [0.3, 0.4) is 0 Å². The highest BCUT2D eigenvalue weighted by molar-refractivity contribution is 7.89. The Morgan fingerprint density at radius 2 is 1.75 bits per heavy atom. The Morgan fingerprint density at radius 3 is 2.08 bits per heavy atom. The molecule has 0 spiro atoms. The summed E-state index contributed by atoms with van der Waals surface area (Å²) in [7, 11) is 0. The van der Waals surface area contributed by atoms with Gasteiger partial charge in [-0.2, -0.15) is 0 Å². The van der Waals surface area contributed by atoms with Crippen LogP contribution in [0, 0.1) is 5.92 Å². The Balaban J connectivity index is 3.58. The van der Waals surface area contributed by atoms with Crippen molar-refractivity contribution in [1.29, 1.82) is 0 Å². The highest BCUT2D eigenvalue weighted by Gasteiger charge is 2.14. The van der Waals surface area contributed by atoms with Crippen molar-refractivity contribution >= 4 is 11.4 Å². The number of hydrogen-bond donors (Lipinski definition) is 1. The van der Waals surface area contributed by atoms with E-state index in [9.17, 15) is 4.55 Å². The van der Waals surface area contributed by atoms with Crippen LogP contribution in [0.2, 0.25) is 0 Å². The standard InChI is InChI=1S/C9H21NOS/c1-5-9(6-2)7-12(11)10-8(3)4/h8-10H,5-7H2,1-4H3. The summed E-state index contributed by atoms with van der Waals surface area (Å²) >= 11 is -0.830. The molecule has 74 valence electrons. The molecule has 0 aromatic heterocycles. The van der Waals surface area contributed by atoms with Crippen LogP contribution in [0.25, 0.3) is 0 Å². The third-order valence-corrected chi connectivity index (χ3v) is 3.42. The topological polar surface area (TPSA) is 35.1 Å². The molecule has 0 fully saturated rings. The molecule has 0 aromatic carbocycles. The van der Waals surface area contributed by atoms with Crippen LogP contribution < -0.4 is 4.72 Å². The Bertz CT molecular complexity index is 105. The molecule has 0 aromatic rings. The summed E-state index contributed by atoms with van der Waals surface area (Å²) in [5, 5.41) is 0. The Morgan fingerprint density at radius 1 is 1.25 bits per heavy atom. The van der Waals surface area contributed by atoms with Crippen LogP contribution in [-0.4, -0.2) is 16.3 Å². The van der Waals surface area contributed by atoms with E-state index in [1.807, 2.05) is 13.8 Å². The first-order valence-corrected chi connectivity index (χ1v) is 6.06. The smallest absolute Gasteiger partial charge is 0.128 e. The second kappa shape index (κ2) is 6.75. The van der Waals surface area contributed by atoms with E-state index in [0.717, 1.165) is 18.6 Å². The molecule has 0 saturated carbocycles. The molecule has 0 amide bonds. The van der Waals surface area contributed by atoms with Crippen molar-refractivity contribution in [2.45, 2.75) is 46.6 Å². The molecule has 1 unspecified atom stereocenters. The SMILES string of the molecule is CCC(CC)C[S+]([O-])NC(C)C. The molecule has 1 atom stereocenters. The van der Waals surface area contributed by atoms with Crippen molar-refractivity contribution in [3.05, 3.63) is 0 Å². The first kappa shape index (κ1) is 12.3. The average Bonchev–Trinajstić information content (AvgIpc) is 1.98. The number of hydrogen-bond acceptors (Lipinski definition) is 2. The number of nitrogens with one attached hydrogen (secondary N) is 1.